The minimum absolute atomic E-state index is 0.0480. The van der Waals surface area contributed by atoms with E-state index in [0.717, 1.165) is 22.2 Å². The lowest BCUT2D eigenvalue weighted by Gasteiger charge is -2.15. The first-order valence-corrected chi connectivity index (χ1v) is 12.5. The van der Waals surface area contributed by atoms with E-state index in [9.17, 15) is 14.7 Å². The fraction of sp³-hybridized carbons (Fsp3) is 0.379. The Bertz CT molecular complexity index is 1110. The van der Waals surface area contributed by atoms with E-state index in [2.05, 4.69) is 47.3 Å². The van der Waals surface area contributed by atoms with Gasteiger partial charge in [0.1, 0.15) is 0 Å². The zero-order valence-electron chi connectivity index (χ0n) is 22.3. The number of aryl methyl sites for hydroxylation is 1. The van der Waals surface area contributed by atoms with Crippen LogP contribution in [0.25, 0.3) is 16.5 Å². The third-order valence-electron chi connectivity index (χ3n) is 5.34. The molecule has 1 aromatic heterocycles. The summed E-state index contributed by atoms with van der Waals surface area (Å²) in [5.41, 5.74) is 4.81. The second kappa shape index (κ2) is 17.1. The lowest BCUT2D eigenvalue weighted by atomic mass is 10.0. The van der Waals surface area contributed by atoms with Gasteiger partial charge in [-0.1, -0.05) is 56.9 Å². The smallest absolute Gasteiger partial charge is 0.305 e. The Morgan fingerprint density at radius 1 is 1.19 bits per heavy atom. The van der Waals surface area contributed by atoms with Crippen molar-refractivity contribution >= 4 is 28.4 Å². The molecule has 0 aliphatic carbocycles. The third-order valence-corrected chi connectivity index (χ3v) is 5.34. The maximum atomic E-state index is 12.2. The third kappa shape index (κ3) is 11.4. The van der Waals surface area contributed by atoms with Crippen molar-refractivity contribution in [3.63, 3.8) is 0 Å². The molecule has 2 unspecified atom stereocenters. The van der Waals surface area contributed by atoms with Crippen LogP contribution in [0, 0.1) is 6.92 Å². The molecule has 0 spiro atoms. The van der Waals surface area contributed by atoms with Crippen LogP contribution in [0.1, 0.15) is 44.4 Å². The summed E-state index contributed by atoms with van der Waals surface area (Å²) in [6, 6.07) is 8.24. The number of carboxylic acids is 1. The summed E-state index contributed by atoms with van der Waals surface area (Å²) >= 11 is 0. The van der Waals surface area contributed by atoms with Crippen LogP contribution in [0.3, 0.4) is 0 Å². The van der Waals surface area contributed by atoms with Gasteiger partial charge in [0.15, 0.2) is 0 Å². The molecule has 0 radical (unpaired) electrons. The van der Waals surface area contributed by atoms with Crippen molar-refractivity contribution in [2.75, 3.05) is 20.1 Å². The number of allylic oxidation sites excluding steroid dienone is 4. The van der Waals surface area contributed by atoms with Crippen LogP contribution in [0.2, 0.25) is 0 Å². The second-order valence-corrected chi connectivity index (χ2v) is 8.41. The number of hydrogen-bond donors (Lipinski definition) is 6. The number of carbonyl (C=O) groups is 2. The van der Waals surface area contributed by atoms with Gasteiger partial charge in [-0.05, 0) is 62.7 Å². The number of aliphatic hydroxyl groups excluding tert-OH is 2. The number of amides is 1. The normalized spacial score (nSPS) is 15.7. The SMILES string of the molecule is C=C/C=C\C=C1\C=C(c2cc3ccc(C)cc3[nH]2)C(=O)NC1.CC.CNCCC(O)CC(O)CC(=O)O. The van der Waals surface area contributed by atoms with Crippen molar-refractivity contribution in [3.8, 4) is 0 Å². The van der Waals surface area contributed by atoms with Crippen LogP contribution in [0.5, 0.6) is 0 Å². The van der Waals surface area contributed by atoms with Crippen molar-refractivity contribution < 1.29 is 24.9 Å². The molecule has 8 heteroatoms. The molecule has 6 N–H and O–H groups in total. The molecule has 1 aliphatic rings. The van der Waals surface area contributed by atoms with Gasteiger partial charge in [0.25, 0.3) is 5.91 Å². The molecule has 0 saturated carbocycles. The van der Waals surface area contributed by atoms with E-state index in [-0.39, 0.29) is 18.7 Å². The summed E-state index contributed by atoms with van der Waals surface area (Å²) in [4.78, 5) is 25.6. The fourth-order valence-corrected chi connectivity index (χ4v) is 3.56. The van der Waals surface area contributed by atoms with Crippen molar-refractivity contribution in [3.05, 3.63) is 78.1 Å². The summed E-state index contributed by atoms with van der Waals surface area (Å²) in [6.07, 6.45) is 8.16. The summed E-state index contributed by atoms with van der Waals surface area (Å²) in [5.74, 6) is -1.10. The molecule has 2 atom stereocenters. The minimum atomic E-state index is -1.05. The Morgan fingerprint density at radius 2 is 1.92 bits per heavy atom. The molecule has 0 fully saturated rings. The monoisotopic (exact) mass is 511 g/mol. The van der Waals surface area contributed by atoms with Crippen LogP contribution in [0.15, 0.2) is 66.8 Å². The first-order valence-electron chi connectivity index (χ1n) is 12.5. The van der Waals surface area contributed by atoms with E-state index in [1.165, 1.54) is 5.56 Å². The molecule has 2 aromatic rings. The maximum absolute atomic E-state index is 12.2. The van der Waals surface area contributed by atoms with Gasteiger partial charge in [0.05, 0.1) is 29.9 Å². The highest BCUT2D eigenvalue weighted by Crippen LogP contribution is 2.24. The molecule has 0 bridgehead atoms. The number of aliphatic hydroxyl groups is 2. The molecule has 3 rings (SSSR count). The zero-order chi connectivity index (χ0) is 27.8. The van der Waals surface area contributed by atoms with Gasteiger partial charge < -0.3 is 30.9 Å². The van der Waals surface area contributed by atoms with Gasteiger partial charge in [-0.15, -0.1) is 0 Å². The summed E-state index contributed by atoms with van der Waals surface area (Å²) in [6.45, 7) is 10.9. The van der Waals surface area contributed by atoms with E-state index in [1.54, 1.807) is 13.1 Å². The lowest BCUT2D eigenvalue weighted by molar-refractivity contribution is -0.139. The molecule has 0 saturated heterocycles. The average molecular weight is 512 g/mol. The van der Waals surface area contributed by atoms with Gasteiger partial charge in [-0.2, -0.15) is 0 Å². The molecule has 37 heavy (non-hydrogen) atoms. The fourth-order valence-electron chi connectivity index (χ4n) is 3.56. The van der Waals surface area contributed by atoms with E-state index < -0.39 is 18.2 Å². The van der Waals surface area contributed by atoms with Crippen molar-refractivity contribution in [2.45, 2.75) is 52.2 Å². The van der Waals surface area contributed by atoms with Crippen LogP contribution in [0.4, 0.5) is 0 Å². The van der Waals surface area contributed by atoms with Crippen molar-refractivity contribution in [2.24, 2.45) is 0 Å². The maximum Gasteiger partial charge on any atom is 0.305 e. The Balaban J connectivity index is 0.000000394. The van der Waals surface area contributed by atoms with Gasteiger partial charge in [-0.3, -0.25) is 9.59 Å². The van der Waals surface area contributed by atoms with Crippen LogP contribution in [-0.4, -0.2) is 64.5 Å². The zero-order valence-corrected chi connectivity index (χ0v) is 22.3. The number of carboxylic acid groups (broad SMARTS) is 1. The molecular formula is C29H41N3O5. The Hall–Kier alpha value is -3.46. The van der Waals surface area contributed by atoms with E-state index in [1.807, 2.05) is 44.2 Å². The first-order chi connectivity index (χ1) is 17.7. The average Bonchev–Trinajstić information content (AvgIpc) is 3.28. The molecule has 1 amide bonds. The molecule has 2 heterocycles. The number of hydrogen-bond acceptors (Lipinski definition) is 5. The molecule has 1 aliphatic heterocycles. The highest BCUT2D eigenvalue weighted by molar-refractivity contribution is 6.21. The van der Waals surface area contributed by atoms with Gasteiger partial charge in [0.2, 0.25) is 0 Å². The van der Waals surface area contributed by atoms with Gasteiger partial charge in [0, 0.05) is 17.4 Å². The minimum Gasteiger partial charge on any atom is -0.481 e. The highest BCUT2D eigenvalue weighted by Gasteiger charge is 2.19. The van der Waals surface area contributed by atoms with E-state index >= 15 is 0 Å². The number of nitrogens with one attached hydrogen (secondary N) is 3. The number of aliphatic carboxylic acids is 1. The number of carbonyl (C=O) groups excluding carboxylic acids is 1. The number of aromatic nitrogens is 1. The quantitative estimate of drug-likeness (QED) is 0.268. The van der Waals surface area contributed by atoms with Crippen LogP contribution < -0.4 is 10.6 Å². The number of aromatic amines is 1. The Kier molecular flexibility index (Phi) is 14.6. The van der Waals surface area contributed by atoms with Crippen molar-refractivity contribution in [1.29, 1.82) is 0 Å². The first kappa shape index (κ1) is 31.6. The Morgan fingerprint density at radius 3 is 2.57 bits per heavy atom. The van der Waals surface area contributed by atoms with Gasteiger partial charge in [-0.25, -0.2) is 0 Å². The Labute approximate surface area is 219 Å². The predicted molar refractivity (Wildman–Crippen MR) is 150 cm³/mol. The largest absolute Gasteiger partial charge is 0.481 e. The van der Waals surface area contributed by atoms with E-state index in [0.29, 0.717) is 25.1 Å². The molecule has 202 valence electrons. The predicted octanol–water partition coefficient (Wildman–Crippen LogP) is 3.87. The van der Waals surface area contributed by atoms with Gasteiger partial charge >= 0.3 is 5.97 Å². The number of benzene rings is 1. The number of H-pyrrole nitrogens is 1. The molecular weight excluding hydrogens is 470 g/mol. The summed E-state index contributed by atoms with van der Waals surface area (Å²) in [7, 11) is 1.76. The van der Waals surface area contributed by atoms with E-state index in [4.69, 9.17) is 10.2 Å². The van der Waals surface area contributed by atoms with Crippen LogP contribution in [-0.2, 0) is 9.59 Å². The topological polar surface area (TPSA) is 135 Å². The summed E-state index contributed by atoms with van der Waals surface area (Å²) < 4.78 is 0. The highest BCUT2D eigenvalue weighted by atomic mass is 16.4. The van der Waals surface area contributed by atoms with Crippen molar-refractivity contribution in [1.82, 2.24) is 15.6 Å². The summed E-state index contributed by atoms with van der Waals surface area (Å²) in [5, 5.41) is 33.6. The van der Waals surface area contributed by atoms with Crippen LogP contribution >= 0.6 is 0 Å². The molecule has 8 nitrogen and oxygen atoms in total. The second-order valence-electron chi connectivity index (χ2n) is 8.41. The number of rotatable bonds is 10. The molecule has 1 aromatic carbocycles. The standard InChI is InChI=1S/C19H18N2O.C8H17NO4.C2H6/c1-3-4-5-6-14-10-16(19(22)20-12-14)18-11-15-8-7-13(2)9-17(15)21-18;1-9-3-2-6(10)4-7(11)5-8(12)13;1-2/h3-11,21H,1,12H2,2H3,(H,20,22);6-7,9-11H,2-5H2,1H3,(H,12,13);1-2H3/b5-4-,14-6-;;. The lowest BCUT2D eigenvalue weighted by Crippen LogP contribution is -2.30. The number of fused-ring (bicyclic) bond motifs is 1.